The number of amides is 2. The molecule has 0 aliphatic carbocycles. The van der Waals surface area contributed by atoms with Crippen LogP contribution < -0.4 is 15.5 Å². The lowest BCUT2D eigenvalue weighted by Crippen LogP contribution is -2.37. The van der Waals surface area contributed by atoms with E-state index in [1.54, 1.807) is 0 Å². The molecule has 0 spiro atoms. The fourth-order valence-corrected chi connectivity index (χ4v) is 5.62. The maximum absolute atomic E-state index is 12.1. The van der Waals surface area contributed by atoms with Gasteiger partial charge < -0.3 is 20.3 Å². The maximum Gasteiger partial charge on any atom is 0.319 e. The summed E-state index contributed by atoms with van der Waals surface area (Å²) in [6, 6.07) is 18.5. The lowest BCUT2D eigenvalue weighted by molar-refractivity contribution is 0.122. The van der Waals surface area contributed by atoms with E-state index in [4.69, 9.17) is 19.8 Å². The molecule has 10 heteroatoms. The van der Waals surface area contributed by atoms with Crippen molar-refractivity contribution < 1.29 is 9.53 Å². The highest BCUT2D eigenvalue weighted by Gasteiger charge is 2.26. The minimum Gasteiger partial charge on any atom is -0.378 e. The van der Waals surface area contributed by atoms with E-state index in [1.807, 2.05) is 44.3 Å². The fraction of sp³-hybridized carbons (Fsp3) is 0.419. The molecule has 2 aromatic carbocycles. The number of nitrogens with zero attached hydrogens (tertiary/aromatic N) is 6. The van der Waals surface area contributed by atoms with Gasteiger partial charge in [-0.15, -0.1) is 0 Å². The Kier molecular flexibility index (Phi) is 8.11. The van der Waals surface area contributed by atoms with E-state index in [0.29, 0.717) is 24.7 Å². The lowest BCUT2D eigenvalue weighted by atomic mass is 10.0. The molecule has 4 heterocycles. The van der Waals surface area contributed by atoms with Crippen molar-refractivity contribution in [2.24, 2.45) is 0 Å². The molecule has 2 aromatic heterocycles. The molecule has 2 amide bonds. The van der Waals surface area contributed by atoms with Crippen LogP contribution in [0.15, 0.2) is 60.8 Å². The Hall–Kier alpha value is -4.02. The summed E-state index contributed by atoms with van der Waals surface area (Å²) in [5, 5.41) is 11.6. The van der Waals surface area contributed by atoms with Crippen molar-refractivity contribution in [1.82, 2.24) is 30.0 Å². The number of carbonyl (C=O) groups is 1. The Morgan fingerprint density at radius 3 is 2.41 bits per heavy atom. The Labute approximate surface area is 240 Å². The highest BCUT2D eigenvalue weighted by molar-refractivity contribution is 5.90. The number of likely N-dealkylation sites (tertiary alicyclic amines) is 1. The van der Waals surface area contributed by atoms with Crippen LogP contribution in [0.4, 0.5) is 16.3 Å². The van der Waals surface area contributed by atoms with Gasteiger partial charge in [0.15, 0.2) is 11.5 Å². The predicted molar refractivity (Wildman–Crippen MR) is 161 cm³/mol. The van der Waals surface area contributed by atoms with Crippen LogP contribution in [0, 0.1) is 0 Å². The molecule has 6 rings (SSSR count). The van der Waals surface area contributed by atoms with Crippen LogP contribution in [-0.4, -0.2) is 76.1 Å². The number of anilines is 2. The normalized spacial score (nSPS) is 16.8. The van der Waals surface area contributed by atoms with E-state index in [2.05, 4.69) is 55.4 Å². The largest absolute Gasteiger partial charge is 0.378 e. The minimum atomic E-state index is -0.223. The summed E-state index contributed by atoms with van der Waals surface area (Å²) < 4.78 is 7.74. The zero-order valence-electron chi connectivity index (χ0n) is 23.8. The number of morpholine rings is 1. The molecule has 2 N–H and O–H groups in total. The number of piperidine rings is 1. The van der Waals surface area contributed by atoms with Crippen molar-refractivity contribution in [3.8, 4) is 11.4 Å². The fourth-order valence-electron chi connectivity index (χ4n) is 5.62. The average Bonchev–Trinajstić information content (AvgIpc) is 3.42. The van der Waals surface area contributed by atoms with Crippen molar-refractivity contribution >= 4 is 28.6 Å². The third kappa shape index (κ3) is 6.34. The Morgan fingerprint density at radius 2 is 1.71 bits per heavy atom. The van der Waals surface area contributed by atoms with Crippen LogP contribution in [0.1, 0.15) is 38.3 Å². The second-order valence-corrected chi connectivity index (χ2v) is 11.1. The molecule has 2 fully saturated rings. The van der Waals surface area contributed by atoms with Crippen LogP contribution in [0.2, 0.25) is 0 Å². The van der Waals surface area contributed by atoms with Gasteiger partial charge in [0, 0.05) is 50.0 Å². The van der Waals surface area contributed by atoms with Crippen LogP contribution in [-0.2, 0) is 11.3 Å². The van der Waals surface area contributed by atoms with Gasteiger partial charge >= 0.3 is 6.03 Å². The summed E-state index contributed by atoms with van der Waals surface area (Å²) in [6.07, 6.45) is 3.98. The van der Waals surface area contributed by atoms with Gasteiger partial charge in [-0.1, -0.05) is 30.3 Å². The SMILES string of the molecule is CC(C)NC(=O)Nc1ccc(-c2nc(N3CCOCC3)c3cnn(C4CCN(Cc5ccccc5)CC4)c3n2)cc1. The molecule has 2 aliphatic rings. The molecule has 0 atom stereocenters. The number of urea groups is 1. The van der Waals surface area contributed by atoms with E-state index in [9.17, 15) is 4.79 Å². The van der Waals surface area contributed by atoms with Gasteiger partial charge in [-0.05, 0) is 56.5 Å². The summed E-state index contributed by atoms with van der Waals surface area (Å²) >= 11 is 0. The molecule has 0 saturated carbocycles. The molecule has 2 saturated heterocycles. The molecule has 0 bridgehead atoms. The van der Waals surface area contributed by atoms with Gasteiger partial charge in [0.2, 0.25) is 0 Å². The minimum absolute atomic E-state index is 0.0639. The second kappa shape index (κ2) is 12.2. The summed E-state index contributed by atoms with van der Waals surface area (Å²) in [7, 11) is 0. The van der Waals surface area contributed by atoms with Crippen molar-refractivity contribution in [3.05, 3.63) is 66.4 Å². The quantitative estimate of drug-likeness (QED) is 0.342. The molecule has 10 nitrogen and oxygen atoms in total. The summed E-state index contributed by atoms with van der Waals surface area (Å²) in [6.45, 7) is 9.79. The van der Waals surface area contributed by atoms with Crippen molar-refractivity contribution in [1.29, 1.82) is 0 Å². The van der Waals surface area contributed by atoms with E-state index in [1.165, 1.54) is 5.56 Å². The van der Waals surface area contributed by atoms with E-state index >= 15 is 0 Å². The van der Waals surface area contributed by atoms with Gasteiger partial charge in [0.1, 0.15) is 5.82 Å². The molecular weight excluding hydrogens is 516 g/mol. The number of hydrogen-bond donors (Lipinski definition) is 2. The Bertz CT molecular complexity index is 1460. The van der Waals surface area contributed by atoms with Crippen LogP contribution in [0.3, 0.4) is 0 Å². The first kappa shape index (κ1) is 27.2. The van der Waals surface area contributed by atoms with Gasteiger partial charge in [0.25, 0.3) is 0 Å². The Morgan fingerprint density at radius 1 is 0.976 bits per heavy atom. The first-order valence-corrected chi connectivity index (χ1v) is 14.6. The third-order valence-corrected chi connectivity index (χ3v) is 7.72. The smallest absolute Gasteiger partial charge is 0.319 e. The molecule has 0 radical (unpaired) electrons. The van der Waals surface area contributed by atoms with E-state index in [-0.39, 0.29) is 18.1 Å². The average molecular weight is 555 g/mol. The van der Waals surface area contributed by atoms with Gasteiger partial charge in [-0.25, -0.2) is 19.4 Å². The third-order valence-electron chi connectivity index (χ3n) is 7.72. The van der Waals surface area contributed by atoms with Crippen LogP contribution in [0.5, 0.6) is 0 Å². The van der Waals surface area contributed by atoms with E-state index in [0.717, 1.165) is 68.0 Å². The second-order valence-electron chi connectivity index (χ2n) is 11.1. The molecular formula is C31H38N8O2. The van der Waals surface area contributed by atoms with Gasteiger partial charge in [-0.2, -0.15) is 5.10 Å². The highest BCUT2D eigenvalue weighted by atomic mass is 16.5. The number of rotatable bonds is 7. The van der Waals surface area contributed by atoms with Crippen molar-refractivity contribution in [3.63, 3.8) is 0 Å². The predicted octanol–water partition coefficient (Wildman–Crippen LogP) is 4.70. The lowest BCUT2D eigenvalue weighted by Gasteiger charge is -2.32. The van der Waals surface area contributed by atoms with E-state index < -0.39 is 0 Å². The zero-order chi connectivity index (χ0) is 28.2. The zero-order valence-corrected chi connectivity index (χ0v) is 23.8. The van der Waals surface area contributed by atoms with Crippen LogP contribution in [0.25, 0.3) is 22.4 Å². The number of nitrogens with one attached hydrogen (secondary N) is 2. The molecule has 4 aromatic rings. The number of hydrogen-bond acceptors (Lipinski definition) is 7. The molecule has 214 valence electrons. The van der Waals surface area contributed by atoms with Gasteiger partial charge in [0.05, 0.1) is 30.8 Å². The molecule has 41 heavy (non-hydrogen) atoms. The monoisotopic (exact) mass is 554 g/mol. The van der Waals surface area contributed by atoms with Crippen molar-refractivity contribution in [2.75, 3.05) is 49.6 Å². The number of carbonyl (C=O) groups excluding carboxylic acids is 1. The van der Waals surface area contributed by atoms with Gasteiger partial charge in [-0.3, -0.25) is 4.90 Å². The topological polar surface area (TPSA) is 100 Å². The molecule has 0 unspecified atom stereocenters. The number of aromatic nitrogens is 4. The number of ether oxygens (including phenoxy) is 1. The summed E-state index contributed by atoms with van der Waals surface area (Å²) in [5.41, 5.74) is 3.83. The summed E-state index contributed by atoms with van der Waals surface area (Å²) in [4.78, 5) is 27.0. The summed E-state index contributed by atoms with van der Waals surface area (Å²) in [5.74, 6) is 1.56. The maximum atomic E-state index is 12.1. The molecule has 2 aliphatic heterocycles. The standard InChI is InChI=1S/C31H38N8O2/c1-22(2)33-31(40)34-25-10-8-24(9-11-25)28-35-29(38-16-18-41-19-17-38)27-20-32-39(30(27)36-28)26-12-14-37(15-13-26)21-23-6-4-3-5-7-23/h3-11,20,22,26H,12-19,21H2,1-2H3,(H2,33,34,40). The Balaban J connectivity index is 1.26. The van der Waals surface area contributed by atoms with Crippen LogP contribution >= 0.6 is 0 Å². The number of benzene rings is 2. The number of fused-ring (bicyclic) bond motifs is 1. The highest BCUT2D eigenvalue weighted by Crippen LogP contribution is 2.32. The van der Waals surface area contributed by atoms with Crippen molar-refractivity contribution in [2.45, 2.75) is 45.3 Å². The first-order chi connectivity index (χ1) is 20.0. The first-order valence-electron chi connectivity index (χ1n) is 14.6.